The molecule has 132 valence electrons. The number of aromatic nitrogens is 5. The lowest BCUT2D eigenvalue weighted by Gasteiger charge is -2.16. The van der Waals surface area contributed by atoms with Crippen molar-refractivity contribution in [1.29, 1.82) is 0 Å². The monoisotopic (exact) mass is 364 g/mol. The highest BCUT2D eigenvalue weighted by Crippen LogP contribution is 2.34. The standard InChI is InChI=1S/C14H16N6O4S/c1-5-3-25-12(17-5)8-7-11(19-14(15)18-8)20(4-16-7)13-10(23)9(22)6(2-21)24-13/h3-4,6,9-10,13,21-23H,2H2,1H3,(H2,15,18,19)/t6-,9-,10-,13-/m1/s1. The van der Waals surface area contributed by atoms with Crippen LogP contribution >= 0.6 is 11.3 Å². The minimum Gasteiger partial charge on any atom is -0.394 e. The molecule has 0 unspecified atom stereocenters. The van der Waals surface area contributed by atoms with Crippen LogP contribution in [0.25, 0.3) is 21.9 Å². The van der Waals surface area contributed by atoms with E-state index in [-0.39, 0.29) is 5.95 Å². The molecule has 1 aliphatic heterocycles. The molecule has 0 spiro atoms. The van der Waals surface area contributed by atoms with E-state index in [4.69, 9.17) is 10.5 Å². The zero-order chi connectivity index (χ0) is 17.7. The molecule has 3 aromatic rings. The second kappa shape index (κ2) is 5.97. The van der Waals surface area contributed by atoms with Crippen LogP contribution in [0.4, 0.5) is 5.95 Å². The van der Waals surface area contributed by atoms with Crippen molar-refractivity contribution in [3.05, 3.63) is 17.4 Å². The van der Waals surface area contributed by atoms with Gasteiger partial charge in [-0.3, -0.25) is 4.57 Å². The van der Waals surface area contributed by atoms with E-state index in [0.717, 1.165) is 5.69 Å². The third kappa shape index (κ3) is 2.56. The molecule has 5 N–H and O–H groups in total. The van der Waals surface area contributed by atoms with Gasteiger partial charge >= 0.3 is 0 Å². The molecule has 0 radical (unpaired) electrons. The number of aryl methyl sites for hydroxylation is 1. The molecule has 3 aromatic heterocycles. The van der Waals surface area contributed by atoms with E-state index in [1.807, 2.05) is 12.3 Å². The van der Waals surface area contributed by atoms with Crippen molar-refractivity contribution in [3.63, 3.8) is 0 Å². The molecule has 0 aliphatic carbocycles. The normalized spacial score (nSPS) is 26.6. The van der Waals surface area contributed by atoms with Crippen molar-refractivity contribution < 1.29 is 20.1 Å². The summed E-state index contributed by atoms with van der Waals surface area (Å²) in [6.45, 7) is 1.46. The van der Waals surface area contributed by atoms with E-state index in [1.54, 1.807) is 0 Å². The Morgan fingerprint density at radius 3 is 2.72 bits per heavy atom. The zero-order valence-corrected chi connectivity index (χ0v) is 14.0. The number of rotatable bonds is 3. The number of thiazole rings is 1. The Kier molecular flexibility index (Phi) is 3.89. The summed E-state index contributed by atoms with van der Waals surface area (Å²) in [5, 5.41) is 32.0. The van der Waals surface area contributed by atoms with Crippen molar-refractivity contribution in [2.24, 2.45) is 0 Å². The van der Waals surface area contributed by atoms with Crippen LogP contribution in [0.15, 0.2) is 11.7 Å². The Bertz CT molecular complexity index is 927. The highest BCUT2D eigenvalue weighted by atomic mass is 32.1. The Morgan fingerprint density at radius 2 is 2.08 bits per heavy atom. The summed E-state index contributed by atoms with van der Waals surface area (Å²) >= 11 is 1.41. The van der Waals surface area contributed by atoms with Crippen LogP contribution in [0.3, 0.4) is 0 Å². The van der Waals surface area contributed by atoms with Gasteiger partial charge in [-0.25, -0.2) is 15.0 Å². The molecule has 25 heavy (non-hydrogen) atoms. The van der Waals surface area contributed by atoms with Crippen LogP contribution in [0.1, 0.15) is 11.9 Å². The molecule has 0 saturated carbocycles. The molecular weight excluding hydrogens is 348 g/mol. The third-order valence-electron chi connectivity index (χ3n) is 4.05. The van der Waals surface area contributed by atoms with Gasteiger partial charge in [0.25, 0.3) is 0 Å². The molecule has 0 bridgehead atoms. The maximum atomic E-state index is 10.2. The topological polar surface area (TPSA) is 152 Å². The largest absolute Gasteiger partial charge is 0.394 e. The first kappa shape index (κ1) is 16.3. The molecule has 4 atom stereocenters. The van der Waals surface area contributed by atoms with Crippen LogP contribution in [-0.4, -0.2) is 64.7 Å². The van der Waals surface area contributed by atoms with Gasteiger partial charge in [0.2, 0.25) is 5.95 Å². The van der Waals surface area contributed by atoms with Crippen molar-refractivity contribution in [2.45, 2.75) is 31.5 Å². The highest BCUT2D eigenvalue weighted by Gasteiger charge is 2.44. The predicted octanol–water partition coefficient (Wildman–Crippen LogP) is -0.548. The zero-order valence-electron chi connectivity index (χ0n) is 13.1. The summed E-state index contributed by atoms with van der Waals surface area (Å²) in [5.74, 6) is 0.0313. The lowest BCUT2D eigenvalue weighted by atomic mass is 10.1. The summed E-state index contributed by atoms with van der Waals surface area (Å²) in [5.41, 5.74) is 7.99. The first-order chi connectivity index (χ1) is 12.0. The lowest BCUT2D eigenvalue weighted by Crippen LogP contribution is -2.33. The van der Waals surface area contributed by atoms with E-state index >= 15 is 0 Å². The van der Waals surface area contributed by atoms with E-state index in [0.29, 0.717) is 21.9 Å². The van der Waals surface area contributed by atoms with Gasteiger partial charge in [0.15, 0.2) is 11.9 Å². The molecule has 1 aliphatic rings. The second-order valence-electron chi connectivity index (χ2n) is 5.78. The number of hydrogen-bond acceptors (Lipinski definition) is 10. The van der Waals surface area contributed by atoms with Gasteiger partial charge in [0.1, 0.15) is 34.5 Å². The summed E-state index contributed by atoms with van der Waals surface area (Å²) < 4.78 is 7.01. The number of aliphatic hydroxyl groups excluding tert-OH is 3. The molecule has 4 rings (SSSR count). The van der Waals surface area contributed by atoms with Crippen LogP contribution in [0.5, 0.6) is 0 Å². The Hall–Kier alpha value is -2.18. The highest BCUT2D eigenvalue weighted by molar-refractivity contribution is 7.13. The van der Waals surface area contributed by atoms with E-state index in [2.05, 4.69) is 19.9 Å². The first-order valence-electron chi connectivity index (χ1n) is 7.54. The van der Waals surface area contributed by atoms with Gasteiger partial charge in [-0.05, 0) is 6.92 Å². The SMILES string of the molecule is Cc1csc(-c2nc(N)nc3c2ncn3[C@@H]2O[C@H](CO)[C@@H](O)[C@H]2O)n1. The number of nitrogens with two attached hydrogens (primary N) is 1. The van der Waals surface area contributed by atoms with E-state index in [1.165, 1.54) is 22.2 Å². The van der Waals surface area contributed by atoms with Crippen molar-refractivity contribution in [2.75, 3.05) is 12.3 Å². The minimum atomic E-state index is -1.24. The van der Waals surface area contributed by atoms with Gasteiger partial charge in [-0.2, -0.15) is 4.98 Å². The number of hydrogen-bond donors (Lipinski definition) is 4. The summed E-state index contributed by atoms with van der Waals surface area (Å²) in [4.78, 5) is 17.1. The first-order valence-corrected chi connectivity index (χ1v) is 8.42. The van der Waals surface area contributed by atoms with Gasteiger partial charge in [-0.15, -0.1) is 11.3 Å². The molecule has 1 saturated heterocycles. The van der Waals surface area contributed by atoms with Gasteiger partial charge < -0.3 is 25.8 Å². The number of aliphatic hydroxyl groups is 3. The van der Waals surface area contributed by atoms with Crippen LogP contribution in [-0.2, 0) is 4.74 Å². The molecule has 0 amide bonds. The molecule has 11 heteroatoms. The van der Waals surface area contributed by atoms with Crippen molar-refractivity contribution in [3.8, 4) is 10.7 Å². The fourth-order valence-corrected chi connectivity index (χ4v) is 3.63. The number of anilines is 1. The number of ether oxygens (including phenoxy) is 1. The Morgan fingerprint density at radius 1 is 1.28 bits per heavy atom. The van der Waals surface area contributed by atoms with Crippen LogP contribution < -0.4 is 5.73 Å². The predicted molar refractivity (Wildman–Crippen MR) is 88.6 cm³/mol. The second-order valence-corrected chi connectivity index (χ2v) is 6.64. The number of imidazole rings is 1. The average Bonchev–Trinajstić information content (AvgIpc) is 3.26. The fraction of sp³-hybridized carbons (Fsp3) is 0.429. The number of fused-ring (bicyclic) bond motifs is 1. The van der Waals surface area contributed by atoms with E-state index < -0.39 is 31.1 Å². The number of nitrogens with zero attached hydrogens (tertiary/aromatic N) is 5. The summed E-state index contributed by atoms with van der Waals surface area (Å²) in [6, 6.07) is 0. The number of nitrogen functional groups attached to an aromatic ring is 1. The third-order valence-corrected chi connectivity index (χ3v) is 5.02. The summed E-state index contributed by atoms with van der Waals surface area (Å²) in [6.07, 6.45) is -2.86. The molecule has 0 aromatic carbocycles. The quantitative estimate of drug-likeness (QED) is 0.479. The van der Waals surface area contributed by atoms with Crippen LogP contribution in [0, 0.1) is 6.92 Å². The minimum absolute atomic E-state index is 0.0313. The molecular formula is C14H16N6O4S. The molecule has 1 fully saturated rings. The molecule has 10 nitrogen and oxygen atoms in total. The van der Waals surface area contributed by atoms with Crippen LogP contribution in [0.2, 0.25) is 0 Å². The van der Waals surface area contributed by atoms with E-state index in [9.17, 15) is 15.3 Å². The maximum Gasteiger partial charge on any atom is 0.222 e. The molecule has 4 heterocycles. The van der Waals surface area contributed by atoms with Gasteiger partial charge in [0.05, 0.1) is 12.9 Å². The fourth-order valence-electron chi connectivity index (χ4n) is 2.84. The van der Waals surface area contributed by atoms with Gasteiger partial charge in [0, 0.05) is 11.1 Å². The average molecular weight is 364 g/mol. The van der Waals surface area contributed by atoms with Crippen molar-refractivity contribution in [1.82, 2.24) is 24.5 Å². The van der Waals surface area contributed by atoms with Crippen molar-refractivity contribution >= 4 is 28.4 Å². The maximum absolute atomic E-state index is 10.2. The summed E-state index contributed by atoms with van der Waals surface area (Å²) in [7, 11) is 0. The Labute approximate surface area is 145 Å². The van der Waals surface area contributed by atoms with Gasteiger partial charge in [-0.1, -0.05) is 0 Å². The lowest BCUT2D eigenvalue weighted by molar-refractivity contribution is -0.0511. The smallest absolute Gasteiger partial charge is 0.222 e. The Balaban J connectivity index is 1.84.